The van der Waals surface area contributed by atoms with Gasteiger partial charge in [0.15, 0.2) is 5.79 Å². The van der Waals surface area contributed by atoms with Crippen LogP contribution >= 0.6 is 0 Å². The molecule has 0 bridgehead atoms. The monoisotopic (exact) mass is 303 g/mol. The predicted molar refractivity (Wildman–Crippen MR) is 84.4 cm³/mol. The van der Waals surface area contributed by atoms with Crippen molar-refractivity contribution in [3.05, 3.63) is 0 Å². The Labute approximate surface area is 125 Å². The summed E-state index contributed by atoms with van der Waals surface area (Å²) in [6.07, 6.45) is 7.88. The first kappa shape index (κ1) is 17.8. The summed E-state index contributed by atoms with van der Waals surface area (Å²) in [7, 11) is -1.13. The SMILES string of the molecule is CCC1(CCCCC/C=N/S(=O)C(C)(C)C)OCCO1. The lowest BCUT2D eigenvalue weighted by Crippen LogP contribution is -2.28. The number of nitrogens with zero attached hydrogens (tertiary/aromatic N) is 1. The van der Waals surface area contributed by atoms with Gasteiger partial charge in [0, 0.05) is 12.6 Å². The molecule has 0 radical (unpaired) electrons. The predicted octanol–water partition coefficient (Wildman–Crippen LogP) is 3.62. The maximum absolute atomic E-state index is 11.7. The standard InChI is InChI=1S/C15H29NO3S/c1-5-15(18-12-13-19-15)10-8-6-7-9-11-16-20(17)14(2,3)4/h11H,5-10,12-13H2,1-4H3/b16-11+. The van der Waals surface area contributed by atoms with E-state index in [2.05, 4.69) is 11.3 Å². The molecule has 4 nitrogen and oxygen atoms in total. The normalized spacial score (nSPS) is 20.6. The van der Waals surface area contributed by atoms with Crippen molar-refractivity contribution < 1.29 is 13.7 Å². The van der Waals surface area contributed by atoms with Crippen LogP contribution in [0.4, 0.5) is 0 Å². The topological polar surface area (TPSA) is 47.9 Å². The third-order valence-corrected chi connectivity index (χ3v) is 4.83. The van der Waals surface area contributed by atoms with Gasteiger partial charge in [-0.05, 0) is 46.5 Å². The van der Waals surface area contributed by atoms with E-state index in [4.69, 9.17) is 9.47 Å². The Morgan fingerprint density at radius 3 is 2.40 bits per heavy atom. The third kappa shape index (κ3) is 6.02. The van der Waals surface area contributed by atoms with Crippen LogP contribution in [-0.2, 0) is 20.5 Å². The third-order valence-electron chi connectivity index (χ3n) is 3.44. The summed E-state index contributed by atoms with van der Waals surface area (Å²) in [5, 5.41) is 0. The molecule has 0 amide bonds. The van der Waals surface area contributed by atoms with Crippen LogP contribution < -0.4 is 0 Å². The molecule has 1 fully saturated rings. The minimum absolute atomic E-state index is 0.263. The second-order valence-electron chi connectivity index (χ2n) is 6.21. The van der Waals surface area contributed by atoms with E-state index in [1.165, 1.54) is 0 Å². The first-order valence-corrected chi connectivity index (χ1v) is 8.73. The van der Waals surface area contributed by atoms with E-state index >= 15 is 0 Å². The van der Waals surface area contributed by atoms with Crippen LogP contribution in [0.25, 0.3) is 0 Å². The molecule has 1 heterocycles. The molecule has 1 unspecified atom stereocenters. The van der Waals surface area contributed by atoms with Crippen LogP contribution in [-0.4, -0.2) is 34.2 Å². The van der Waals surface area contributed by atoms with Crippen molar-refractivity contribution in [3.63, 3.8) is 0 Å². The number of unbranched alkanes of at least 4 members (excludes halogenated alkanes) is 3. The maximum Gasteiger partial charge on any atom is 0.168 e. The van der Waals surface area contributed by atoms with Gasteiger partial charge in [-0.1, -0.05) is 13.3 Å². The van der Waals surface area contributed by atoms with Gasteiger partial charge < -0.3 is 9.47 Å². The molecular formula is C15H29NO3S. The highest BCUT2D eigenvalue weighted by Crippen LogP contribution is 2.29. The minimum atomic E-state index is -1.13. The van der Waals surface area contributed by atoms with Crippen LogP contribution in [0.15, 0.2) is 4.40 Å². The molecular weight excluding hydrogens is 274 g/mol. The Bertz CT molecular complexity index is 331. The van der Waals surface area contributed by atoms with E-state index in [-0.39, 0.29) is 10.5 Å². The Kier molecular flexibility index (Phi) is 7.34. The summed E-state index contributed by atoms with van der Waals surface area (Å²) >= 11 is 0. The summed E-state index contributed by atoms with van der Waals surface area (Å²) < 4.78 is 26.9. The van der Waals surface area contributed by atoms with Gasteiger partial charge in [0.1, 0.15) is 11.0 Å². The lowest BCUT2D eigenvalue weighted by Gasteiger charge is -2.25. The summed E-state index contributed by atoms with van der Waals surface area (Å²) in [5.74, 6) is -0.318. The van der Waals surface area contributed by atoms with Gasteiger partial charge in [-0.15, -0.1) is 0 Å². The molecule has 1 aliphatic heterocycles. The highest BCUT2D eigenvalue weighted by atomic mass is 32.2. The van der Waals surface area contributed by atoms with Gasteiger partial charge in [-0.3, -0.25) is 0 Å². The van der Waals surface area contributed by atoms with Gasteiger partial charge in [0.25, 0.3) is 0 Å². The van der Waals surface area contributed by atoms with E-state index < -0.39 is 11.0 Å². The fraction of sp³-hybridized carbons (Fsp3) is 0.933. The molecule has 1 atom stereocenters. The average Bonchev–Trinajstić information content (AvgIpc) is 2.85. The summed E-state index contributed by atoms with van der Waals surface area (Å²) in [5.41, 5.74) is 0. The Morgan fingerprint density at radius 2 is 1.85 bits per heavy atom. The van der Waals surface area contributed by atoms with Crippen molar-refractivity contribution >= 4 is 17.2 Å². The molecule has 0 aromatic carbocycles. The number of ether oxygens (including phenoxy) is 2. The lowest BCUT2D eigenvalue weighted by molar-refractivity contribution is -0.164. The van der Waals surface area contributed by atoms with Gasteiger partial charge in [0.2, 0.25) is 0 Å². The largest absolute Gasteiger partial charge is 0.348 e. The second kappa shape index (κ2) is 8.25. The van der Waals surface area contributed by atoms with E-state index in [1.54, 1.807) is 6.21 Å². The van der Waals surface area contributed by atoms with E-state index in [0.29, 0.717) is 0 Å². The van der Waals surface area contributed by atoms with Crippen LogP contribution in [0.2, 0.25) is 0 Å². The van der Waals surface area contributed by atoms with Gasteiger partial charge in [-0.2, -0.15) is 4.40 Å². The molecule has 0 spiro atoms. The van der Waals surface area contributed by atoms with Crippen molar-refractivity contribution in [1.82, 2.24) is 0 Å². The van der Waals surface area contributed by atoms with Crippen molar-refractivity contribution in [1.29, 1.82) is 0 Å². The van der Waals surface area contributed by atoms with E-state index in [1.807, 2.05) is 20.8 Å². The fourth-order valence-corrected chi connectivity index (χ4v) is 2.66. The van der Waals surface area contributed by atoms with Gasteiger partial charge in [-0.25, -0.2) is 4.21 Å². The van der Waals surface area contributed by atoms with Crippen molar-refractivity contribution in [3.8, 4) is 0 Å². The van der Waals surface area contributed by atoms with Crippen LogP contribution in [0, 0.1) is 0 Å². The fourth-order valence-electron chi connectivity index (χ4n) is 2.11. The molecule has 1 saturated heterocycles. The molecule has 0 N–H and O–H groups in total. The quantitative estimate of drug-likeness (QED) is 0.508. The van der Waals surface area contributed by atoms with Crippen LogP contribution in [0.3, 0.4) is 0 Å². The summed E-state index contributed by atoms with van der Waals surface area (Å²) in [4.78, 5) is 0. The Morgan fingerprint density at radius 1 is 1.20 bits per heavy atom. The molecule has 0 aromatic rings. The zero-order valence-corrected chi connectivity index (χ0v) is 14.1. The molecule has 5 heteroatoms. The number of hydrogen-bond acceptors (Lipinski definition) is 3. The zero-order valence-electron chi connectivity index (χ0n) is 13.3. The number of rotatable bonds is 8. The highest BCUT2D eigenvalue weighted by molar-refractivity contribution is 7.85. The van der Waals surface area contributed by atoms with E-state index in [9.17, 15) is 4.21 Å². The molecule has 20 heavy (non-hydrogen) atoms. The van der Waals surface area contributed by atoms with Crippen molar-refractivity contribution in [2.24, 2.45) is 4.40 Å². The first-order chi connectivity index (χ1) is 9.40. The molecule has 1 rings (SSSR count). The molecule has 0 saturated carbocycles. The zero-order chi connectivity index (χ0) is 15.1. The van der Waals surface area contributed by atoms with E-state index in [0.717, 1.165) is 51.7 Å². The Balaban J connectivity index is 2.11. The molecule has 0 aliphatic carbocycles. The average molecular weight is 303 g/mol. The molecule has 118 valence electrons. The minimum Gasteiger partial charge on any atom is -0.348 e. The van der Waals surface area contributed by atoms with Gasteiger partial charge >= 0.3 is 0 Å². The molecule has 0 aromatic heterocycles. The first-order valence-electron chi connectivity index (χ1n) is 7.62. The number of hydrogen-bond donors (Lipinski definition) is 0. The summed E-state index contributed by atoms with van der Waals surface area (Å²) in [6.45, 7) is 9.36. The molecule has 1 aliphatic rings. The maximum atomic E-state index is 11.7. The van der Waals surface area contributed by atoms with Crippen LogP contribution in [0.1, 0.15) is 66.2 Å². The van der Waals surface area contributed by atoms with Crippen molar-refractivity contribution in [2.75, 3.05) is 13.2 Å². The lowest BCUT2D eigenvalue weighted by atomic mass is 10.0. The smallest absolute Gasteiger partial charge is 0.168 e. The van der Waals surface area contributed by atoms with Crippen LogP contribution in [0.5, 0.6) is 0 Å². The Hall–Kier alpha value is -0.260. The highest BCUT2D eigenvalue weighted by Gasteiger charge is 2.33. The van der Waals surface area contributed by atoms with Gasteiger partial charge in [0.05, 0.1) is 18.0 Å². The second-order valence-corrected chi connectivity index (χ2v) is 8.14. The van der Waals surface area contributed by atoms with Crippen molar-refractivity contribution in [2.45, 2.75) is 76.8 Å². The summed E-state index contributed by atoms with van der Waals surface area (Å²) in [6, 6.07) is 0.